The van der Waals surface area contributed by atoms with Gasteiger partial charge in [0.2, 0.25) is 0 Å². The van der Waals surface area contributed by atoms with Gasteiger partial charge in [-0.3, -0.25) is 9.10 Å². The van der Waals surface area contributed by atoms with Crippen molar-refractivity contribution >= 4 is 27.3 Å². The Morgan fingerprint density at radius 1 is 0.879 bits per heavy atom. The highest BCUT2D eigenvalue weighted by molar-refractivity contribution is 7.92. The summed E-state index contributed by atoms with van der Waals surface area (Å²) in [5.74, 6) is -0.158. The molecule has 0 aliphatic carbocycles. The minimum Gasteiger partial charge on any atom is -0.368 e. The number of hydrogen-bond acceptors (Lipinski definition) is 4. The lowest BCUT2D eigenvalue weighted by atomic mass is 10.1. The number of carbonyl (C=O) groups excluding carboxylic acids is 1. The molecule has 1 heterocycles. The van der Waals surface area contributed by atoms with E-state index in [4.69, 9.17) is 0 Å². The molecule has 6 nitrogen and oxygen atoms in total. The maximum atomic E-state index is 13.4. The Labute approximate surface area is 195 Å². The first kappa shape index (κ1) is 22.6. The smallest absolute Gasteiger partial charge is 0.264 e. The van der Waals surface area contributed by atoms with Gasteiger partial charge in [0.25, 0.3) is 15.9 Å². The van der Waals surface area contributed by atoms with E-state index in [2.05, 4.69) is 23.6 Å². The molecule has 0 unspecified atom stereocenters. The second kappa shape index (κ2) is 9.92. The Balaban J connectivity index is 1.52. The fourth-order valence-electron chi connectivity index (χ4n) is 3.96. The number of anilines is 2. The van der Waals surface area contributed by atoms with Gasteiger partial charge in [0, 0.05) is 37.4 Å². The van der Waals surface area contributed by atoms with Crippen LogP contribution in [0.3, 0.4) is 0 Å². The maximum Gasteiger partial charge on any atom is 0.264 e. The molecule has 1 fully saturated rings. The van der Waals surface area contributed by atoms with Crippen LogP contribution in [-0.2, 0) is 10.0 Å². The quantitative estimate of drug-likeness (QED) is 0.499. The number of benzene rings is 3. The lowest BCUT2D eigenvalue weighted by Gasteiger charge is -2.36. The summed E-state index contributed by atoms with van der Waals surface area (Å²) in [6.07, 6.45) is 1.55. The SMILES string of the molecule is C=CCN(c1ccccc1)S(=O)(=O)c1cccc(C(=O)N2CCN(c3ccccc3)CC2)c1. The van der Waals surface area contributed by atoms with Gasteiger partial charge in [-0.05, 0) is 42.5 Å². The lowest BCUT2D eigenvalue weighted by molar-refractivity contribution is 0.0746. The fourth-order valence-corrected chi connectivity index (χ4v) is 5.44. The van der Waals surface area contributed by atoms with Gasteiger partial charge in [-0.15, -0.1) is 6.58 Å². The van der Waals surface area contributed by atoms with Gasteiger partial charge in [0.15, 0.2) is 0 Å². The maximum absolute atomic E-state index is 13.4. The van der Waals surface area contributed by atoms with E-state index in [9.17, 15) is 13.2 Å². The van der Waals surface area contributed by atoms with E-state index in [1.165, 1.54) is 16.4 Å². The van der Waals surface area contributed by atoms with Crippen molar-refractivity contribution in [3.8, 4) is 0 Å². The number of sulfonamides is 1. The Morgan fingerprint density at radius 2 is 1.52 bits per heavy atom. The first-order valence-corrected chi connectivity index (χ1v) is 12.3. The topological polar surface area (TPSA) is 60.9 Å². The predicted octanol–water partition coefficient (Wildman–Crippen LogP) is 4.03. The summed E-state index contributed by atoms with van der Waals surface area (Å²) in [7, 11) is -3.86. The van der Waals surface area contributed by atoms with E-state index < -0.39 is 10.0 Å². The van der Waals surface area contributed by atoms with Crippen molar-refractivity contribution < 1.29 is 13.2 Å². The highest BCUT2D eigenvalue weighted by Crippen LogP contribution is 2.25. The van der Waals surface area contributed by atoms with Crippen LogP contribution in [0.4, 0.5) is 11.4 Å². The molecule has 0 radical (unpaired) electrons. The van der Waals surface area contributed by atoms with Gasteiger partial charge in [-0.1, -0.05) is 48.5 Å². The van der Waals surface area contributed by atoms with Crippen LogP contribution in [0.1, 0.15) is 10.4 Å². The number of para-hydroxylation sites is 2. The second-order valence-corrected chi connectivity index (χ2v) is 9.67. The van der Waals surface area contributed by atoms with Crippen LogP contribution in [0.25, 0.3) is 0 Å². The van der Waals surface area contributed by atoms with Crippen LogP contribution in [0.15, 0.2) is 102 Å². The minimum atomic E-state index is -3.86. The molecule has 1 aliphatic rings. The van der Waals surface area contributed by atoms with Crippen molar-refractivity contribution in [3.05, 3.63) is 103 Å². The first-order valence-electron chi connectivity index (χ1n) is 10.9. The van der Waals surface area contributed by atoms with Crippen LogP contribution in [-0.4, -0.2) is 51.9 Å². The Bertz CT molecular complexity index is 1210. The number of nitrogens with zero attached hydrogens (tertiary/aromatic N) is 3. The molecule has 170 valence electrons. The summed E-state index contributed by atoms with van der Waals surface area (Å²) < 4.78 is 28.1. The third-order valence-electron chi connectivity index (χ3n) is 5.70. The molecule has 4 rings (SSSR count). The normalized spacial score (nSPS) is 14.1. The summed E-state index contributed by atoms with van der Waals surface area (Å²) >= 11 is 0. The first-order chi connectivity index (χ1) is 16.0. The van der Waals surface area contributed by atoms with E-state index in [1.807, 2.05) is 24.3 Å². The molecule has 3 aromatic rings. The minimum absolute atomic E-state index is 0.0852. The fraction of sp³-hybridized carbons (Fsp3) is 0.192. The molecule has 0 N–H and O–H groups in total. The van der Waals surface area contributed by atoms with Crippen molar-refractivity contribution in [1.29, 1.82) is 0 Å². The molecule has 7 heteroatoms. The molecule has 1 amide bonds. The second-order valence-electron chi connectivity index (χ2n) is 7.80. The molecule has 0 spiro atoms. The predicted molar refractivity (Wildman–Crippen MR) is 132 cm³/mol. The van der Waals surface area contributed by atoms with E-state index in [1.54, 1.807) is 47.4 Å². The van der Waals surface area contributed by atoms with Crippen molar-refractivity contribution in [3.63, 3.8) is 0 Å². The van der Waals surface area contributed by atoms with Crippen LogP contribution in [0.5, 0.6) is 0 Å². The van der Waals surface area contributed by atoms with Gasteiger partial charge in [-0.2, -0.15) is 0 Å². The summed E-state index contributed by atoms with van der Waals surface area (Å²) in [6, 6.07) is 25.3. The van der Waals surface area contributed by atoms with Crippen molar-refractivity contribution in [2.24, 2.45) is 0 Å². The molecular weight excluding hydrogens is 434 g/mol. The average molecular weight is 462 g/mol. The Hall–Kier alpha value is -3.58. The van der Waals surface area contributed by atoms with E-state index in [-0.39, 0.29) is 17.3 Å². The van der Waals surface area contributed by atoms with E-state index in [0.29, 0.717) is 24.3 Å². The van der Waals surface area contributed by atoms with E-state index >= 15 is 0 Å². The largest absolute Gasteiger partial charge is 0.368 e. The zero-order valence-corrected chi connectivity index (χ0v) is 19.2. The van der Waals surface area contributed by atoms with E-state index in [0.717, 1.165) is 18.8 Å². The zero-order valence-electron chi connectivity index (χ0n) is 18.4. The standard InChI is InChI=1S/C26H27N3O3S/c1-2-16-29(24-13-7-4-8-14-24)33(31,32)25-15-9-10-22(21-25)26(30)28-19-17-27(18-20-28)23-11-5-3-6-12-23/h2-15,21H,1,16-20H2. The summed E-state index contributed by atoms with van der Waals surface area (Å²) in [5.41, 5.74) is 2.06. The highest BCUT2D eigenvalue weighted by atomic mass is 32.2. The molecule has 1 aliphatic heterocycles. The zero-order chi connectivity index (χ0) is 23.3. The van der Waals surface area contributed by atoms with Gasteiger partial charge >= 0.3 is 0 Å². The van der Waals surface area contributed by atoms with Gasteiger partial charge in [0.05, 0.1) is 17.1 Å². The molecule has 0 saturated carbocycles. The molecule has 0 bridgehead atoms. The monoisotopic (exact) mass is 461 g/mol. The van der Waals surface area contributed by atoms with Crippen LogP contribution in [0, 0.1) is 0 Å². The van der Waals surface area contributed by atoms with Gasteiger partial charge in [-0.25, -0.2) is 8.42 Å². The third-order valence-corrected chi connectivity index (χ3v) is 7.49. The molecule has 3 aromatic carbocycles. The third kappa shape index (κ3) is 4.93. The number of hydrogen-bond donors (Lipinski definition) is 0. The number of carbonyl (C=O) groups is 1. The Kier molecular flexibility index (Phi) is 6.79. The summed E-state index contributed by atoms with van der Waals surface area (Å²) in [6.45, 7) is 6.45. The number of piperazine rings is 1. The summed E-state index contributed by atoms with van der Waals surface area (Å²) in [5, 5.41) is 0. The van der Waals surface area contributed by atoms with Crippen molar-refractivity contribution in [1.82, 2.24) is 4.90 Å². The number of rotatable bonds is 7. The highest BCUT2D eigenvalue weighted by Gasteiger charge is 2.27. The molecule has 1 saturated heterocycles. The molecule has 0 aromatic heterocycles. The van der Waals surface area contributed by atoms with Gasteiger partial charge in [0.1, 0.15) is 0 Å². The Morgan fingerprint density at radius 3 is 2.15 bits per heavy atom. The lowest BCUT2D eigenvalue weighted by Crippen LogP contribution is -2.48. The molecular formula is C26H27N3O3S. The van der Waals surface area contributed by atoms with Crippen LogP contribution in [0.2, 0.25) is 0 Å². The molecule has 33 heavy (non-hydrogen) atoms. The summed E-state index contributed by atoms with van der Waals surface area (Å²) in [4.78, 5) is 17.3. The van der Waals surface area contributed by atoms with Crippen LogP contribution >= 0.6 is 0 Å². The average Bonchev–Trinajstić information content (AvgIpc) is 2.88. The van der Waals surface area contributed by atoms with Crippen molar-refractivity contribution in [2.75, 3.05) is 41.9 Å². The number of amides is 1. The van der Waals surface area contributed by atoms with Gasteiger partial charge < -0.3 is 9.80 Å². The van der Waals surface area contributed by atoms with Crippen molar-refractivity contribution in [2.45, 2.75) is 4.90 Å². The van der Waals surface area contributed by atoms with Crippen LogP contribution < -0.4 is 9.21 Å². The molecule has 0 atom stereocenters.